The van der Waals surface area contributed by atoms with E-state index in [2.05, 4.69) is 5.32 Å². The molecule has 0 aliphatic rings. The topological polar surface area (TPSA) is 107 Å². The lowest BCUT2D eigenvalue weighted by Gasteiger charge is -2.15. The van der Waals surface area contributed by atoms with Gasteiger partial charge in [-0.15, -0.1) is 0 Å². The second-order valence-corrected chi connectivity index (χ2v) is 2.89. The highest BCUT2D eigenvalue weighted by atomic mass is 16.4. The van der Waals surface area contributed by atoms with Crippen LogP contribution in [0, 0.1) is 0 Å². The number of hydrogen-bond donors (Lipinski definition) is 4. The van der Waals surface area contributed by atoms with E-state index in [1.54, 1.807) is 13.8 Å². The minimum Gasteiger partial charge on any atom is -0.479 e. The molecule has 0 saturated carbocycles. The zero-order valence-corrected chi connectivity index (χ0v) is 7.39. The number of carboxylic acid groups (broad SMARTS) is 1. The van der Waals surface area contributed by atoms with Crippen molar-refractivity contribution in [3.8, 4) is 0 Å². The highest BCUT2D eigenvalue weighted by Gasteiger charge is 2.29. The van der Waals surface area contributed by atoms with Gasteiger partial charge in [-0.25, -0.2) is 4.79 Å². The molecule has 0 aromatic carbocycles. The molecule has 13 heavy (non-hydrogen) atoms. The minimum atomic E-state index is -2.08. The molecule has 76 valence electrons. The van der Waals surface area contributed by atoms with E-state index in [0.717, 1.165) is 0 Å². The van der Waals surface area contributed by atoms with Crippen LogP contribution in [0.5, 0.6) is 0 Å². The van der Waals surface area contributed by atoms with E-state index >= 15 is 0 Å². The van der Waals surface area contributed by atoms with E-state index in [0.29, 0.717) is 0 Å². The molecule has 0 aliphatic heterocycles. The molecular formula is C7H13NO5. The number of rotatable bonds is 4. The summed E-state index contributed by atoms with van der Waals surface area (Å²) in [5, 5.41) is 28.2. The number of carbonyl (C=O) groups is 2. The van der Waals surface area contributed by atoms with E-state index in [-0.39, 0.29) is 6.04 Å². The van der Waals surface area contributed by atoms with Gasteiger partial charge in [0.05, 0.1) is 0 Å². The summed E-state index contributed by atoms with van der Waals surface area (Å²) in [5.74, 6) is -2.53. The number of nitrogens with one attached hydrogen (secondary N) is 1. The number of hydrogen-bond acceptors (Lipinski definition) is 4. The van der Waals surface area contributed by atoms with Crippen molar-refractivity contribution >= 4 is 11.9 Å². The lowest BCUT2D eigenvalue weighted by atomic mass is 10.2. The van der Waals surface area contributed by atoms with Crippen LogP contribution in [-0.2, 0) is 9.59 Å². The van der Waals surface area contributed by atoms with Crippen molar-refractivity contribution < 1.29 is 24.9 Å². The fourth-order valence-electron chi connectivity index (χ4n) is 0.648. The largest absolute Gasteiger partial charge is 0.479 e. The van der Waals surface area contributed by atoms with Gasteiger partial charge >= 0.3 is 5.97 Å². The number of aliphatic hydroxyl groups is 2. The molecule has 0 radical (unpaired) electrons. The molecule has 2 atom stereocenters. The molecule has 0 fully saturated rings. The van der Waals surface area contributed by atoms with E-state index in [4.69, 9.17) is 15.3 Å². The molecular weight excluding hydrogens is 178 g/mol. The van der Waals surface area contributed by atoms with Crippen LogP contribution in [0.1, 0.15) is 13.8 Å². The van der Waals surface area contributed by atoms with Crippen LogP contribution >= 0.6 is 0 Å². The first kappa shape index (κ1) is 11.9. The number of aliphatic hydroxyl groups excluding tert-OH is 2. The van der Waals surface area contributed by atoms with Crippen molar-refractivity contribution in [2.75, 3.05) is 0 Å². The molecule has 0 aliphatic carbocycles. The number of aliphatic carboxylic acids is 1. The zero-order valence-electron chi connectivity index (χ0n) is 7.39. The first-order chi connectivity index (χ1) is 5.86. The Morgan fingerprint density at radius 1 is 1.15 bits per heavy atom. The third kappa shape index (κ3) is 3.86. The molecule has 4 N–H and O–H groups in total. The van der Waals surface area contributed by atoms with Crippen LogP contribution in [0.25, 0.3) is 0 Å². The molecule has 6 nitrogen and oxygen atoms in total. The number of amides is 1. The summed E-state index contributed by atoms with van der Waals surface area (Å²) in [7, 11) is 0. The molecule has 0 aromatic heterocycles. The summed E-state index contributed by atoms with van der Waals surface area (Å²) in [6.07, 6.45) is -4.02. The van der Waals surface area contributed by atoms with Gasteiger partial charge in [-0.05, 0) is 13.8 Å². The summed E-state index contributed by atoms with van der Waals surface area (Å²) in [6, 6.07) is -0.219. The zero-order chi connectivity index (χ0) is 10.6. The standard InChI is InChI=1S/C7H13NO5/c1-3(2)8-6(11)4(9)5(10)7(12)13/h3-5,9-10H,1-2H3,(H,8,11)(H,12,13). The van der Waals surface area contributed by atoms with Gasteiger partial charge in [-0.3, -0.25) is 4.79 Å². The molecule has 1 amide bonds. The van der Waals surface area contributed by atoms with Crippen LogP contribution in [0.4, 0.5) is 0 Å². The predicted molar refractivity (Wildman–Crippen MR) is 42.9 cm³/mol. The van der Waals surface area contributed by atoms with Gasteiger partial charge < -0.3 is 20.6 Å². The normalized spacial score (nSPS) is 15.2. The molecule has 0 aromatic rings. The Kier molecular flexibility index (Phi) is 4.36. The maximum atomic E-state index is 10.9. The van der Waals surface area contributed by atoms with Crippen LogP contribution in [0.3, 0.4) is 0 Å². The van der Waals surface area contributed by atoms with Crippen molar-refractivity contribution in [3.05, 3.63) is 0 Å². The first-order valence-electron chi connectivity index (χ1n) is 3.75. The molecule has 2 unspecified atom stereocenters. The van der Waals surface area contributed by atoms with Gasteiger partial charge in [0.2, 0.25) is 0 Å². The average Bonchev–Trinajstić information content (AvgIpc) is 2.00. The van der Waals surface area contributed by atoms with Crippen LogP contribution < -0.4 is 5.32 Å². The maximum absolute atomic E-state index is 10.9. The third-order valence-corrected chi connectivity index (χ3v) is 1.25. The Morgan fingerprint density at radius 2 is 1.62 bits per heavy atom. The Morgan fingerprint density at radius 3 is 1.92 bits per heavy atom. The summed E-state index contributed by atoms with van der Waals surface area (Å²) < 4.78 is 0. The molecule has 0 rings (SSSR count). The van der Waals surface area contributed by atoms with E-state index in [1.807, 2.05) is 0 Å². The number of carboxylic acids is 1. The van der Waals surface area contributed by atoms with E-state index in [1.165, 1.54) is 0 Å². The smallest absolute Gasteiger partial charge is 0.335 e. The second kappa shape index (κ2) is 4.78. The Labute approximate surface area is 75.2 Å². The lowest BCUT2D eigenvalue weighted by Crippen LogP contribution is -2.47. The summed E-state index contributed by atoms with van der Waals surface area (Å²) in [5.41, 5.74) is 0. The van der Waals surface area contributed by atoms with Crippen LogP contribution in [0.15, 0.2) is 0 Å². The van der Waals surface area contributed by atoms with E-state index < -0.39 is 24.1 Å². The molecule has 0 spiro atoms. The van der Waals surface area contributed by atoms with Crippen molar-refractivity contribution in [1.29, 1.82) is 0 Å². The first-order valence-corrected chi connectivity index (χ1v) is 3.75. The van der Waals surface area contributed by atoms with Crippen molar-refractivity contribution in [1.82, 2.24) is 5.32 Å². The van der Waals surface area contributed by atoms with Crippen LogP contribution in [0.2, 0.25) is 0 Å². The van der Waals surface area contributed by atoms with Crippen molar-refractivity contribution in [3.63, 3.8) is 0 Å². The minimum absolute atomic E-state index is 0.219. The maximum Gasteiger partial charge on any atom is 0.335 e. The van der Waals surface area contributed by atoms with Gasteiger partial charge in [0.1, 0.15) is 0 Å². The Hall–Kier alpha value is -1.14. The molecule has 6 heteroatoms. The fraction of sp³-hybridized carbons (Fsp3) is 0.714. The van der Waals surface area contributed by atoms with Gasteiger partial charge in [-0.2, -0.15) is 0 Å². The van der Waals surface area contributed by atoms with Crippen LogP contribution in [-0.4, -0.2) is 45.4 Å². The highest BCUT2D eigenvalue weighted by molar-refractivity contribution is 5.87. The lowest BCUT2D eigenvalue weighted by molar-refractivity contribution is -0.158. The summed E-state index contributed by atoms with van der Waals surface area (Å²) in [6.45, 7) is 3.30. The monoisotopic (exact) mass is 191 g/mol. The van der Waals surface area contributed by atoms with Gasteiger partial charge in [0.25, 0.3) is 5.91 Å². The van der Waals surface area contributed by atoms with Crippen molar-refractivity contribution in [2.45, 2.75) is 32.1 Å². The summed E-state index contributed by atoms with van der Waals surface area (Å²) >= 11 is 0. The Bertz CT molecular complexity index is 203. The second-order valence-electron chi connectivity index (χ2n) is 2.89. The van der Waals surface area contributed by atoms with Crippen molar-refractivity contribution in [2.24, 2.45) is 0 Å². The van der Waals surface area contributed by atoms with Gasteiger partial charge in [0, 0.05) is 6.04 Å². The highest BCUT2D eigenvalue weighted by Crippen LogP contribution is 1.94. The molecule has 0 bridgehead atoms. The van der Waals surface area contributed by atoms with Gasteiger partial charge in [0.15, 0.2) is 12.2 Å². The summed E-state index contributed by atoms with van der Waals surface area (Å²) in [4.78, 5) is 21.1. The predicted octanol–water partition coefficient (Wildman–Crippen LogP) is -1.68. The third-order valence-electron chi connectivity index (χ3n) is 1.25. The van der Waals surface area contributed by atoms with Gasteiger partial charge in [-0.1, -0.05) is 0 Å². The molecule has 0 saturated heterocycles. The average molecular weight is 191 g/mol. The SMILES string of the molecule is CC(C)NC(=O)C(O)C(O)C(=O)O. The number of carbonyl (C=O) groups excluding carboxylic acids is 1. The quantitative estimate of drug-likeness (QED) is 0.424. The fourth-order valence-corrected chi connectivity index (χ4v) is 0.648. The Balaban J connectivity index is 4.17. The van der Waals surface area contributed by atoms with E-state index in [9.17, 15) is 9.59 Å². The molecule has 0 heterocycles.